The number of nitrogens with zero attached hydrogens (tertiary/aromatic N) is 3. The molecule has 1 aliphatic heterocycles. The summed E-state index contributed by atoms with van der Waals surface area (Å²) in [6, 6.07) is 18.4. The largest absolute Gasteiger partial charge is 0.495 e. The molecule has 8 heteroatoms. The number of anilines is 1. The topological polar surface area (TPSA) is 69.2 Å². The summed E-state index contributed by atoms with van der Waals surface area (Å²) >= 11 is 0. The van der Waals surface area contributed by atoms with Crippen molar-refractivity contribution in [3.05, 3.63) is 60.2 Å². The standard InChI is InChI=1S/C25H35N5O2.HI/c1-4-26-25(27-16-14-24(31)29(2)18-20-10-6-5-7-11-20)28-21-15-17-30(19-21)22-12-8-9-13-23(22)32-3;/h5-13,21H,4,14-19H2,1-3H3,(H2,26,27,28);1H. The summed E-state index contributed by atoms with van der Waals surface area (Å²) in [7, 11) is 3.55. The molecule has 7 nitrogen and oxygen atoms in total. The molecule has 1 saturated heterocycles. The Bertz CT molecular complexity index is 893. The molecule has 0 bridgehead atoms. The van der Waals surface area contributed by atoms with E-state index in [-0.39, 0.29) is 35.9 Å². The van der Waals surface area contributed by atoms with E-state index in [4.69, 9.17) is 4.74 Å². The molecule has 1 unspecified atom stereocenters. The third-order valence-corrected chi connectivity index (χ3v) is 5.58. The molecule has 1 amide bonds. The number of amides is 1. The van der Waals surface area contributed by atoms with Crippen molar-refractivity contribution >= 4 is 41.5 Å². The number of ether oxygens (including phenoxy) is 1. The smallest absolute Gasteiger partial charge is 0.224 e. The van der Waals surface area contributed by atoms with E-state index in [9.17, 15) is 4.79 Å². The molecule has 0 saturated carbocycles. The Morgan fingerprint density at radius 3 is 2.64 bits per heavy atom. The van der Waals surface area contributed by atoms with Gasteiger partial charge in [-0.25, -0.2) is 0 Å². The number of guanidine groups is 1. The maximum absolute atomic E-state index is 12.5. The van der Waals surface area contributed by atoms with Crippen LogP contribution in [0.25, 0.3) is 0 Å². The van der Waals surface area contributed by atoms with Gasteiger partial charge in [0.05, 0.1) is 19.3 Å². The van der Waals surface area contributed by atoms with Crippen molar-refractivity contribution in [2.75, 3.05) is 45.2 Å². The van der Waals surface area contributed by atoms with Crippen LogP contribution in [0.4, 0.5) is 5.69 Å². The summed E-state index contributed by atoms with van der Waals surface area (Å²) < 4.78 is 5.51. The van der Waals surface area contributed by atoms with Gasteiger partial charge in [0.2, 0.25) is 5.91 Å². The fourth-order valence-electron chi connectivity index (χ4n) is 3.90. The van der Waals surface area contributed by atoms with Crippen LogP contribution in [0.1, 0.15) is 25.3 Å². The summed E-state index contributed by atoms with van der Waals surface area (Å²) in [4.78, 5) is 21.2. The number of benzene rings is 2. The summed E-state index contributed by atoms with van der Waals surface area (Å²) in [6.07, 6.45) is 1.40. The Hall–Kier alpha value is -2.49. The number of halogens is 1. The Kier molecular flexibility index (Phi) is 11.3. The number of carbonyl (C=O) groups is 1. The Labute approximate surface area is 214 Å². The molecule has 0 radical (unpaired) electrons. The maximum Gasteiger partial charge on any atom is 0.224 e. The highest BCUT2D eigenvalue weighted by Gasteiger charge is 2.25. The minimum Gasteiger partial charge on any atom is -0.495 e. The van der Waals surface area contributed by atoms with Crippen LogP contribution in [-0.2, 0) is 11.3 Å². The van der Waals surface area contributed by atoms with Gasteiger partial charge in [-0.1, -0.05) is 42.5 Å². The SMILES string of the molecule is CCNC(=NCCC(=O)N(C)Cc1ccccc1)NC1CCN(c2ccccc2OC)C1.I. The fraction of sp³-hybridized carbons (Fsp3) is 0.440. The predicted molar refractivity (Wildman–Crippen MR) is 146 cm³/mol. The molecule has 2 aromatic rings. The molecule has 1 fully saturated rings. The quantitative estimate of drug-likeness (QED) is 0.277. The van der Waals surface area contributed by atoms with E-state index in [2.05, 4.69) is 26.6 Å². The van der Waals surface area contributed by atoms with Crippen LogP contribution in [0.15, 0.2) is 59.6 Å². The Balaban J connectivity index is 0.00000385. The lowest BCUT2D eigenvalue weighted by molar-refractivity contribution is -0.130. The van der Waals surface area contributed by atoms with Crippen molar-refractivity contribution in [3.63, 3.8) is 0 Å². The Morgan fingerprint density at radius 1 is 1.18 bits per heavy atom. The molecule has 1 atom stereocenters. The second kappa shape index (κ2) is 13.9. The van der Waals surface area contributed by atoms with Crippen LogP contribution in [0.2, 0.25) is 0 Å². The normalized spacial score (nSPS) is 15.5. The van der Waals surface area contributed by atoms with Crippen molar-refractivity contribution in [3.8, 4) is 5.75 Å². The molecule has 1 heterocycles. The summed E-state index contributed by atoms with van der Waals surface area (Å²) in [6.45, 7) is 5.73. The molecule has 180 valence electrons. The van der Waals surface area contributed by atoms with E-state index in [1.807, 2.05) is 62.5 Å². The first-order valence-electron chi connectivity index (χ1n) is 11.3. The second-order valence-electron chi connectivity index (χ2n) is 7.99. The van der Waals surface area contributed by atoms with Gasteiger partial charge in [0.15, 0.2) is 5.96 Å². The second-order valence-corrected chi connectivity index (χ2v) is 7.99. The van der Waals surface area contributed by atoms with Gasteiger partial charge in [-0.3, -0.25) is 9.79 Å². The highest BCUT2D eigenvalue weighted by atomic mass is 127. The highest BCUT2D eigenvalue weighted by molar-refractivity contribution is 14.0. The predicted octanol–water partition coefficient (Wildman–Crippen LogP) is 3.50. The van der Waals surface area contributed by atoms with Gasteiger partial charge >= 0.3 is 0 Å². The summed E-state index contributed by atoms with van der Waals surface area (Å²) in [5.41, 5.74) is 2.25. The zero-order valence-electron chi connectivity index (χ0n) is 19.8. The molecule has 2 aromatic carbocycles. The van der Waals surface area contributed by atoms with Gasteiger partial charge in [-0.15, -0.1) is 24.0 Å². The lowest BCUT2D eigenvalue weighted by atomic mass is 10.2. The van der Waals surface area contributed by atoms with Crippen molar-refractivity contribution < 1.29 is 9.53 Å². The molecule has 1 aliphatic rings. The van der Waals surface area contributed by atoms with Crippen molar-refractivity contribution in [1.82, 2.24) is 15.5 Å². The molecule has 0 spiro atoms. The van der Waals surface area contributed by atoms with Crippen molar-refractivity contribution in [2.24, 2.45) is 4.99 Å². The third-order valence-electron chi connectivity index (χ3n) is 5.58. The van der Waals surface area contributed by atoms with E-state index in [0.717, 1.165) is 49.0 Å². The molecule has 3 rings (SSSR count). The average Bonchev–Trinajstić information content (AvgIpc) is 3.28. The maximum atomic E-state index is 12.5. The highest BCUT2D eigenvalue weighted by Crippen LogP contribution is 2.30. The number of carbonyl (C=O) groups excluding carboxylic acids is 1. The van der Waals surface area contributed by atoms with Gasteiger partial charge in [0.25, 0.3) is 0 Å². The third kappa shape index (κ3) is 8.10. The van der Waals surface area contributed by atoms with Crippen LogP contribution in [-0.4, -0.2) is 63.1 Å². The minimum absolute atomic E-state index is 0. The summed E-state index contributed by atoms with van der Waals surface area (Å²) in [5.74, 6) is 1.75. The van der Waals surface area contributed by atoms with Crippen molar-refractivity contribution in [2.45, 2.75) is 32.4 Å². The van der Waals surface area contributed by atoms with Gasteiger partial charge < -0.3 is 25.2 Å². The van der Waals surface area contributed by atoms with E-state index in [1.54, 1.807) is 12.0 Å². The first-order chi connectivity index (χ1) is 15.6. The van der Waals surface area contributed by atoms with Crippen LogP contribution in [0.5, 0.6) is 5.75 Å². The number of methoxy groups -OCH3 is 1. The van der Waals surface area contributed by atoms with Crippen LogP contribution >= 0.6 is 24.0 Å². The lowest BCUT2D eigenvalue weighted by Crippen LogP contribution is -2.44. The van der Waals surface area contributed by atoms with Gasteiger partial charge in [0, 0.05) is 45.7 Å². The van der Waals surface area contributed by atoms with E-state index >= 15 is 0 Å². The van der Waals surface area contributed by atoms with E-state index in [1.165, 1.54) is 0 Å². The lowest BCUT2D eigenvalue weighted by Gasteiger charge is -2.22. The molecule has 2 N–H and O–H groups in total. The number of hydrogen-bond donors (Lipinski definition) is 2. The Morgan fingerprint density at radius 2 is 1.91 bits per heavy atom. The summed E-state index contributed by atoms with van der Waals surface area (Å²) in [5, 5.41) is 6.83. The van der Waals surface area contributed by atoms with Crippen LogP contribution in [0.3, 0.4) is 0 Å². The first kappa shape index (κ1) is 26.8. The zero-order chi connectivity index (χ0) is 22.8. The van der Waals surface area contributed by atoms with Crippen LogP contribution < -0.4 is 20.3 Å². The van der Waals surface area contributed by atoms with Crippen LogP contribution in [0, 0.1) is 0 Å². The monoisotopic (exact) mass is 565 g/mol. The molecule has 0 aromatic heterocycles. The number of para-hydroxylation sites is 2. The molecule has 33 heavy (non-hydrogen) atoms. The molecule has 0 aliphatic carbocycles. The average molecular weight is 566 g/mol. The first-order valence-corrected chi connectivity index (χ1v) is 11.3. The zero-order valence-corrected chi connectivity index (χ0v) is 22.1. The molecular weight excluding hydrogens is 529 g/mol. The van der Waals surface area contributed by atoms with Gasteiger partial charge in [-0.05, 0) is 31.0 Å². The van der Waals surface area contributed by atoms with Gasteiger partial charge in [-0.2, -0.15) is 0 Å². The number of rotatable bonds is 9. The fourth-order valence-corrected chi connectivity index (χ4v) is 3.90. The van der Waals surface area contributed by atoms with Crippen molar-refractivity contribution in [1.29, 1.82) is 0 Å². The number of aliphatic imine (C=N–C) groups is 1. The number of hydrogen-bond acceptors (Lipinski definition) is 4. The van der Waals surface area contributed by atoms with Gasteiger partial charge in [0.1, 0.15) is 5.75 Å². The molecular formula is C25H36IN5O2. The van der Waals surface area contributed by atoms with E-state index in [0.29, 0.717) is 19.5 Å². The van der Waals surface area contributed by atoms with E-state index < -0.39 is 0 Å². The minimum atomic E-state index is 0. The number of nitrogens with one attached hydrogen (secondary N) is 2.